The van der Waals surface area contributed by atoms with Gasteiger partial charge >= 0.3 is 0 Å². The van der Waals surface area contributed by atoms with Crippen LogP contribution >= 0.6 is 11.3 Å². The first-order valence-electron chi connectivity index (χ1n) is 10.7. The normalized spacial score (nSPS) is 14.1. The minimum atomic E-state index is -0.0605. The Morgan fingerprint density at radius 1 is 1.23 bits per heavy atom. The molecule has 8 heteroatoms. The van der Waals surface area contributed by atoms with E-state index in [4.69, 9.17) is 4.98 Å². The summed E-state index contributed by atoms with van der Waals surface area (Å²) in [6, 6.07) is 7.72. The summed E-state index contributed by atoms with van der Waals surface area (Å²) in [5.74, 6) is 0.754. The van der Waals surface area contributed by atoms with Gasteiger partial charge in [-0.1, -0.05) is 12.1 Å². The zero-order chi connectivity index (χ0) is 21.2. The number of carbonyl (C=O) groups excluding carboxylic acids is 1. The third-order valence-electron chi connectivity index (χ3n) is 5.02. The van der Waals surface area contributed by atoms with Gasteiger partial charge in [0.05, 0.1) is 5.69 Å². The maximum absolute atomic E-state index is 11.8. The predicted molar refractivity (Wildman–Crippen MR) is 125 cm³/mol. The molecule has 1 amide bonds. The maximum atomic E-state index is 11.8. The van der Waals surface area contributed by atoms with Crippen molar-refractivity contribution in [3.05, 3.63) is 46.5 Å². The molecule has 0 spiro atoms. The fraction of sp³-hybridized carbons (Fsp3) is 0.500. The molecule has 162 valence electrons. The van der Waals surface area contributed by atoms with Gasteiger partial charge < -0.3 is 20.9 Å². The fourth-order valence-corrected chi connectivity index (χ4v) is 4.34. The highest BCUT2D eigenvalue weighted by atomic mass is 32.1. The van der Waals surface area contributed by atoms with Gasteiger partial charge in [0.1, 0.15) is 0 Å². The van der Waals surface area contributed by atoms with Gasteiger partial charge in [0, 0.05) is 57.1 Å². The van der Waals surface area contributed by atoms with Crippen LogP contribution in [0.15, 0.2) is 34.6 Å². The minimum absolute atomic E-state index is 0.0605. The van der Waals surface area contributed by atoms with Crippen LogP contribution in [-0.2, 0) is 12.8 Å². The molecule has 0 saturated carbocycles. The van der Waals surface area contributed by atoms with Crippen molar-refractivity contribution in [1.82, 2.24) is 20.9 Å². The third-order valence-corrected chi connectivity index (χ3v) is 5.97. The van der Waals surface area contributed by atoms with Crippen molar-refractivity contribution in [2.75, 3.05) is 44.7 Å². The molecule has 2 heterocycles. The van der Waals surface area contributed by atoms with Crippen molar-refractivity contribution >= 4 is 28.3 Å². The Balaban J connectivity index is 1.47. The highest BCUT2D eigenvalue weighted by Gasteiger charge is 2.15. The van der Waals surface area contributed by atoms with Gasteiger partial charge in [0.2, 0.25) is 0 Å². The summed E-state index contributed by atoms with van der Waals surface area (Å²) in [4.78, 5) is 23.6. The van der Waals surface area contributed by atoms with Crippen LogP contribution in [-0.4, -0.2) is 56.6 Å². The lowest BCUT2D eigenvalue weighted by Gasteiger charge is -2.12. The first kappa shape index (κ1) is 22.1. The molecule has 1 aromatic carbocycles. The number of hydrogen-bond donors (Lipinski definition) is 3. The number of thiazole rings is 1. The van der Waals surface area contributed by atoms with Gasteiger partial charge in [-0.2, -0.15) is 0 Å². The zero-order valence-electron chi connectivity index (χ0n) is 17.9. The zero-order valence-corrected chi connectivity index (χ0v) is 18.7. The van der Waals surface area contributed by atoms with Crippen molar-refractivity contribution in [3.8, 4) is 0 Å². The number of anilines is 1. The molecule has 2 aromatic rings. The lowest BCUT2D eigenvalue weighted by atomic mass is 10.1. The van der Waals surface area contributed by atoms with Crippen molar-refractivity contribution in [2.45, 2.75) is 32.6 Å². The average molecular weight is 429 g/mol. The van der Waals surface area contributed by atoms with E-state index in [1.165, 1.54) is 12.8 Å². The van der Waals surface area contributed by atoms with Gasteiger partial charge in [-0.3, -0.25) is 9.79 Å². The summed E-state index contributed by atoms with van der Waals surface area (Å²) in [5.41, 5.74) is 2.93. The molecule has 3 N–H and O–H groups in total. The third kappa shape index (κ3) is 6.45. The summed E-state index contributed by atoms with van der Waals surface area (Å²) in [5, 5.41) is 12.6. The van der Waals surface area contributed by atoms with Crippen molar-refractivity contribution in [1.29, 1.82) is 0 Å². The number of aliphatic imine (C=N–C) groups is 1. The Morgan fingerprint density at radius 3 is 2.83 bits per heavy atom. The van der Waals surface area contributed by atoms with E-state index in [2.05, 4.69) is 38.1 Å². The first-order chi connectivity index (χ1) is 14.7. The van der Waals surface area contributed by atoms with Crippen LogP contribution in [0.4, 0.5) is 5.13 Å². The van der Waals surface area contributed by atoms with E-state index in [1.54, 1.807) is 18.4 Å². The van der Waals surface area contributed by atoms with E-state index in [0.717, 1.165) is 61.4 Å². The number of aromatic nitrogens is 1. The maximum Gasteiger partial charge on any atom is 0.251 e. The van der Waals surface area contributed by atoms with Crippen LogP contribution in [0.1, 0.15) is 41.4 Å². The molecule has 1 saturated heterocycles. The number of guanidine groups is 1. The van der Waals surface area contributed by atoms with Crippen molar-refractivity contribution < 1.29 is 4.79 Å². The number of nitrogens with one attached hydrogen (secondary N) is 3. The lowest BCUT2D eigenvalue weighted by molar-refractivity contribution is 0.0963. The summed E-state index contributed by atoms with van der Waals surface area (Å²) in [6.45, 7) is 6.58. The molecule has 0 bridgehead atoms. The summed E-state index contributed by atoms with van der Waals surface area (Å²) >= 11 is 1.74. The van der Waals surface area contributed by atoms with E-state index in [0.29, 0.717) is 12.1 Å². The van der Waals surface area contributed by atoms with Gasteiger partial charge in [-0.15, -0.1) is 11.3 Å². The van der Waals surface area contributed by atoms with Crippen LogP contribution in [0.25, 0.3) is 0 Å². The van der Waals surface area contributed by atoms with Gasteiger partial charge in [-0.25, -0.2) is 4.98 Å². The standard InChI is InChI=1S/C22H32N6OS/c1-3-24-21(25-11-9-17-7-6-8-18(15-17)20(29)23-2)26-12-10-19-16-30-22(27-19)28-13-4-5-14-28/h6-8,15-16H,3-5,9-14H2,1-2H3,(H,23,29)(H2,24,25,26). The second-order valence-electron chi connectivity index (χ2n) is 7.28. The summed E-state index contributed by atoms with van der Waals surface area (Å²) in [7, 11) is 1.65. The lowest BCUT2D eigenvalue weighted by Crippen LogP contribution is -2.38. The second kappa shape index (κ2) is 11.5. The Bertz CT molecular complexity index is 844. The number of rotatable bonds is 9. The Labute approximate surface area is 183 Å². The largest absolute Gasteiger partial charge is 0.357 e. The molecule has 1 aliphatic rings. The van der Waals surface area contributed by atoms with E-state index in [9.17, 15) is 4.79 Å². The number of carbonyl (C=O) groups is 1. The van der Waals surface area contributed by atoms with Crippen LogP contribution in [0.2, 0.25) is 0 Å². The fourth-order valence-electron chi connectivity index (χ4n) is 3.43. The highest BCUT2D eigenvalue weighted by Crippen LogP contribution is 2.24. The summed E-state index contributed by atoms with van der Waals surface area (Å²) < 4.78 is 0. The SMILES string of the molecule is CCNC(=NCCc1csc(N2CCCC2)n1)NCCc1cccc(C(=O)NC)c1. The molecule has 7 nitrogen and oxygen atoms in total. The molecule has 0 atom stereocenters. The first-order valence-corrected chi connectivity index (χ1v) is 11.6. The number of nitrogens with zero attached hydrogens (tertiary/aromatic N) is 3. The molecule has 0 unspecified atom stereocenters. The molecular weight excluding hydrogens is 396 g/mol. The molecule has 3 rings (SSSR count). The molecule has 1 fully saturated rings. The van der Waals surface area contributed by atoms with Crippen LogP contribution in [0, 0.1) is 0 Å². The van der Waals surface area contributed by atoms with E-state index >= 15 is 0 Å². The van der Waals surface area contributed by atoms with E-state index in [-0.39, 0.29) is 5.91 Å². The molecule has 0 aliphatic carbocycles. The van der Waals surface area contributed by atoms with Crippen molar-refractivity contribution in [3.63, 3.8) is 0 Å². The van der Waals surface area contributed by atoms with Crippen LogP contribution < -0.4 is 20.9 Å². The molecule has 30 heavy (non-hydrogen) atoms. The predicted octanol–water partition coefficient (Wildman–Crippen LogP) is 2.44. The molecular formula is C22H32N6OS. The topological polar surface area (TPSA) is 81.7 Å². The smallest absolute Gasteiger partial charge is 0.251 e. The van der Waals surface area contributed by atoms with E-state index < -0.39 is 0 Å². The van der Waals surface area contributed by atoms with Crippen LogP contribution in [0.3, 0.4) is 0 Å². The molecule has 1 aromatic heterocycles. The minimum Gasteiger partial charge on any atom is -0.357 e. The Morgan fingerprint density at radius 2 is 2.07 bits per heavy atom. The quantitative estimate of drug-likeness (QED) is 0.422. The van der Waals surface area contributed by atoms with Crippen LogP contribution in [0.5, 0.6) is 0 Å². The van der Waals surface area contributed by atoms with Gasteiger partial charge in [0.15, 0.2) is 11.1 Å². The summed E-state index contributed by atoms with van der Waals surface area (Å²) in [6.07, 6.45) is 4.20. The monoisotopic (exact) mass is 428 g/mol. The van der Waals surface area contributed by atoms with Gasteiger partial charge in [0.25, 0.3) is 5.91 Å². The van der Waals surface area contributed by atoms with Crippen molar-refractivity contribution in [2.24, 2.45) is 4.99 Å². The number of benzene rings is 1. The number of amides is 1. The van der Waals surface area contributed by atoms with Gasteiger partial charge in [-0.05, 0) is 43.9 Å². The van der Waals surface area contributed by atoms with E-state index in [1.807, 2.05) is 24.3 Å². The molecule has 0 radical (unpaired) electrons. The average Bonchev–Trinajstić information content (AvgIpc) is 3.45. The molecule has 1 aliphatic heterocycles. The number of hydrogen-bond acceptors (Lipinski definition) is 5. The second-order valence-corrected chi connectivity index (χ2v) is 8.12. The Kier molecular flexibility index (Phi) is 8.50. The Hall–Kier alpha value is -2.61. The highest BCUT2D eigenvalue weighted by molar-refractivity contribution is 7.13.